The molecule has 0 unspecified atom stereocenters. The van der Waals surface area contributed by atoms with E-state index in [2.05, 4.69) is 0 Å². The smallest absolute Gasteiger partial charge is 0.223 e. The largest absolute Gasteiger partial charge is 0.369 e. The SMILES string of the molecule is CN1C(=O)C[C@H](C(N)=O)[C@H]1c1cccc(Cl)c1. The minimum absolute atomic E-state index is 0.0706. The summed E-state index contributed by atoms with van der Waals surface area (Å²) in [6.07, 6.45) is 0.170. The fraction of sp³-hybridized carbons (Fsp3) is 0.333. The van der Waals surface area contributed by atoms with E-state index in [0.29, 0.717) is 5.02 Å². The predicted molar refractivity (Wildman–Crippen MR) is 64.3 cm³/mol. The second-order valence-corrected chi connectivity index (χ2v) is 4.65. The van der Waals surface area contributed by atoms with Crippen LogP contribution >= 0.6 is 11.6 Å². The molecule has 0 aromatic heterocycles. The number of nitrogens with two attached hydrogens (primary N) is 1. The number of amides is 2. The van der Waals surface area contributed by atoms with Gasteiger partial charge in [-0.15, -0.1) is 0 Å². The second-order valence-electron chi connectivity index (χ2n) is 4.22. The van der Waals surface area contributed by atoms with E-state index in [-0.39, 0.29) is 18.4 Å². The Morgan fingerprint density at radius 2 is 2.24 bits per heavy atom. The number of hydrogen-bond donors (Lipinski definition) is 1. The van der Waals surface area contributed by atoms with Crippen LogP contribution in [0.1, 0.15) is 18.0 Å². The Balaban J connectivity index is 2.40. The molecule has 1 aromatic rings. The average Bonchev–Trinajstić information content (AvgIpc) is 2.56. The molecule has 0 aliphatic carbocycles. The third-order valence-corrected chi connectivity index (χ3v) is 3.38. The first kappa shape index (κ1) is 11.9. The van der Waals surface area contributed by atoms with Gasteiger partial charge in [0.15, 0.2) is 0 Å². The van der Waals surface area contributed by atoms with Crippen LogP contribution in [0.15, 0.2) is 24.3 Å². The van der Waals surface area contributed by atoms with Crippen molar-refractivity contribution in [2.75, 3.05) is 7.05 Å². The average molecular weight is 253 g/mol. The first-order chi connectivity index (χ1) is 8.00. The van der Waals surface area contributed by atoms with Gasteiger partial charge in [0, 0.05) is 18.5 Å². The molecule has 2 amide bonds. The van der Waals surface area contributed by atoms with Crippen LogP contribution < -0.4 is 5.73 Å². The van der Waals surface area contributed by atoms with E-state index in [1.54, 1.807) is 30.1 Å². The van der Waals surface area contributed by atoms with E-state index in [1.807, 2.05) is 6.07 Å². The zero-order valence-electron chi connectivity index (χ0n) is 9.39. The number of nitrogens with zero attached hydrogens (tertiary/aromatic N) is 1. The minimum atomic E-state index is -0.481. The van der Waals surface area contributed by atoms with E-state index < -0.39 is 11.8 Å². The van der Waals surface area contributed by atoms with E-state index >= 15 is 0 Å². The maximum atomic E-state index is 11.6. The lowest BCUT2D eigenvalue weighted by Gasteiger charge is -2.23. The van der Waals surface area contributed by atoms with Crippen LogP contribution in [0.25, 0.3) is 0 Å². The maximum absolute atomic E-state index is 11.6. The van der Waals surface area contributed by atoms with Crippen molar-refractivity contribution in [1.82, 2.24) is 4.90 Å². The molecule has 2 atom stereocenters. The van der Waals surface area contributed by atoms with E-state index in [0.717, 1.165) is 5.56 Å². The van der Waals surface area contributed by atoms with Crippen LogP contribution in [0, 0.1) is 5.92 Å². The first-order valence-electron chi connectivity index (χ1n) is 5.31. The molecule has 5 heteroatoms. The molecule has 17 heavy (non-hydrogen) atoms. The second kappa shape index (κ2) is 4.37. The van der Waals surface area contributed by atoms with Crippen molar-refractivity contribution in [3.63, 3.8) is 0 Å². The summed E-state index contributed by atoms with van der Waals surface area (Å²) in [5.41, 5.74) is 6.18. The van der Waals surface area contributed by atoms with Gasteiger partial charge >= 0.3 is 0 Å². The normalized spacial score (nSPS) is 24.1. The van der Waals surface area contributed by atoms with E-state index in [1.165, 1.54) is 0 Å². The fourth-order valence-corrected chi connectivity index (χ4v) is 2.47. The van der Waals surface area contributed by atoms with Crippen LogP contribution in [0.5, 0.6) is 0 Å². The van der Waals surface area contributed by atoms with E-state index in [4.69, 9.17) is 17.3 Å². The lowest BCUT2D eigenvalue weighted by atomic mass is 9.93. The summed E-state index contributed by atoms with van der Waals surface area (Å²) < 4.78 is 0. The van der Waals surface area contributed by atoms with Crippen LogP contribution in [0.4, 0.5) is 0 Å². The van der Waals surface area contributed by atoms with Crippen molar-refractivity contribution in [3.8, 4) is 0 Å². The molecule has 1 fully saturated rings. The topological polar surface area (TPSA) is 63.4 Å². The van der Waals surface area contributed by atoms with Crippen LogP contribution in [-0.2, 0) is 9.59 Å². The number of likely N-dealkylation sites (tertiary alicyclic amines) is 1. The Morgan fingerprint density at radius 3 is 2.82 bits per heavy atom. The van der Waals surface area contributed by atoms with E-state index in [9.17, 15) is 9.59 Å². The van der Waals surface area contributed by atoms with Gasteiger partial charge in [-0.1, -0.05) is 23.7 Å². The highest BCUT2D eigenvalue weighted by Crippen LogP contribution is 2.37. The Morgan fingerprint density at radius 1 is 1.53 bits per heavy atom. The summed E-state index contributed by atoms with van der Waals surface area (Å²) in [5.74, 6) is -1.00. The van der Waals surface area contributed by atoms with Gasteiger partial charge in [0.25, 0.3) is 0 Å². The molecule has 1 heterocycles. The third kappa shape index (κ3) is 2.13. The fourth-order valence-electron chi connectivity index (χ4n) is 2.27. The van der Waals surface area contributed by atoms with Crippen molar-refractivity contribution in [2.45, 2.75) is 12.5 Å². The van der Waals surface area contributed by atoms with Gasteiger partial charge in [-0.25, -0.2) is 0 Å². The molecule has 2 rings (SSSR count). The van der Waals surface area contributed by atoms with Gasteiger partial charge in [-0.05, 0) is 17.7 Å². The summed E-state index contributed by atoms with van der Waals surface area (Å²) in [6.45, 7) is 0. The van der Waals surface area contributed by atoms with Gasteiger partial charge < -0.3 is 10.6 Å². The van der Waals surface area contributed by atoms with Gasteiger partial charge in [-0.3, -0.25) is 9.59 Å². The molecular formula is C12H13ClN2O2. The molecule has 90 valence electrons. The van der Waals surface area contributed by atoms with Gasteiger partial charge in [0.05, 0.1) is 12.0 Å². The van der Waals surface area contributed by atoms with Gasteiger partial charge in [0.2, 0.25) is 11.8 Å². The number of carbonyl (C=O) groups excluding carboxylic acids is 2. The van der Waals surface area contributed by atoms with Gasteiger partial charge in [-0.2, -0.15) is 0 Å². The summed E-state index contributed by atoms with van der Waals surface area (Å²) in [5, 5.41) is 0.582. The minimum Gasteiger partial charge on any atom is -0.369 e. The summed E-state index contributed by atoms with van der Waals surface area (Å²) in [6, 6.07) is 6.85. The lowest BCUT2D eigenvalue weighted by Crippen LogP contribution is -2.30. The number of carbonyl (C=O) groups is 2. The molecule has 4 nitrogen and oxygen atoms in total. The number of halogens is 1. The van der Waals surface area contributed by atoms with Crippen molar-refractivity contribution in [1.29, 1.82) is 0 Å². The van der Waals surface area contributed by atoms with Crippen molar-refractivity contribution < 1.29 is 9.59 Å². The highest BCUT2D eigenvalue weighted by molar-refractivity contribution is 6.30. The molecule has 0 spiro atoms. The Kier molecular flexibility index (Phi) is 3.07. The molecule has 1 aliphatic rings. The first-order valence-corrected chi connectivity index (χ1v) is 5.69. The maximum Gasteiger partial charge on any atom is 0.223 e. The molecule has 0 radical (unpaired) electrons. The monoisotopic (exact) mass is 252 g/mol. The number of rotatable bonds is 2. The molecule has 1 saturated heterocycles. The third-order valence-electron chi connectivity index (χ3n) is 3.14. The Hall–Kier alpha value is -1.55. The summed E-state index contributed by atoms with van der Waals surface area (Å²) >= 11 is 5.92. The molecule has 2 N–H and O–H groups in total. The zero-order chi connectivity index (χ0) is 12.6. The highest BCUT2D eigenvalue weighted by atomic mass is 35.5. The van der Waals surface area contributed by atoms with Crippen LogP contribution in [0.3, 0.4) is 0 Å². The Bertz CT molecular complexity index is 475. The summed E-state index contributed by atoms with van der Waals surface area (Å²) in [7, 11) is 1.68. The lowest BCUT2D eigenvalue weighted by molar-refractivity contribution is -0.128. The number of benzene rings is 1. The van der Waals surface area contributed by atoms with Gasteiger partial charge in [0.1, 0.15) is 0 Å². The number of primary amides is 1. The highest BCUT2D eigenvalue weighted by Gasteiger charge is 2.41. The zero-order valence-corrected chi connectivity index (χ0v) is 10.1. The molecule has 0 saturated carbocycles. The summed E-state index contributed by atoms with van der Waals surface area (Å²) in [4.78, 5) is 24.6. The molecule has 0 bridgehead atoms. The predicted octanol–water partition coefficient (Wildman–Crippen LogP) is 1.34. The standard InChI is InChI=1S/C12H13ClN2O2/c1-15-10(16)6-9(12(14)17)11(15)7-3-2-4-8(13)5-7/h2-5,9,11H,6H2,1H3,(H2,14,17)/t9-,11+/m0/s1. The van der Waals surface area contributed by atoms with Crippen LogP contribution in [-0.4, -0.2) is 23.8 Å². The van der Waals surface area contributed by atoms with Crippen molar-refractivity contribution >= 4 is 23.4 Å². The van der Waals surface area contributed by atoms with Crippen molar-refractivity contribution in [3.05, 3.63) is 34.9 Å². The molecular weight excluding hydrogens is 240 g/mol. The number of hydrogen-bond acceptors (Lipinski definition) is 2. The molecule has 1 aromatic carbocycles. The van der Waals surface area contributed by atoms with Crippen LogP contribution in [0.2, 0.25) is 5.02 Å². The Labute approximate surface area is 104 Å². The molecule has 1 aliphatic heterocycles. The van der Waals surface area contributed by atoms with Crippen molar-refractivity contribution in [2.24, 2.45) is 11.7 Å². The quantitative estimate of drug-likeness (QED) is 0.864.